The van der Waals surface area contributed by atoms with Gasteiger partial charge in [0.25, 0.3) is 5.91 Å². The summed E-state index contributed by atoms with van der Waals surface area (Å²) in [7, 11) is 0. The Labute approximate surface area is 135 Å². The first-order valence-electron chi connectivity index (χ1n) is 7.68. The number of carbonyl (C=O) groups excluding carboxylic acids is 2. The van der Waals surface area contributed by atoms with Gasteiger partial charge in [-0.2, -0.15) is 0 Å². The second-order valence-corrected chi connectivity index (χ2v) is 5.77. The van der Waals surface area contributed by atoms with Gasteiger partial charge in [0.1, 0.15) is 0 Å². The summed E-state index contributed by atoms with van der Waals surface area (Å²) in [6, 6.07) is 13.2. The van der Waals surface area contributed by atoms with Gasteiger partial charge in [-0.15, -0.1) is 0 Å². The summed E-state index contributed by atoms with van der Waals surface area (Å²) in [5, 5.41) is 2.88. The van der Waals surface area contributed by atoms with Gasteiger partial charge in [-0.05, 0) is 55.2 Å². The predicted octanol–water partition coefficient (Wildman–Crippen LogP) is 3.45. The Balaban J connectivity index is 1.80. The molecule has 2 aromatic carbocycles. The number of hydrogen-bond acceptors (Lipinski definition) is 3. The van der Waals surface area contributed by atoms with Crippen LogP contribution >= 0.6 is 0 Å². The topological polar surface area (TPSA) is 55.4 Å². The molecule has 1 amide bonds. The molecule has 4 heteroatoms. The fourth-order valence-electron chi connectivity index (χ4n) is 2.96. The number of amides is 1. The summed E-state index contributed by atoms with van der Waals surface area (Å²) in [5.41, 5.74) is 4.27. The first-order valence-corrected chi connectivity index (χ1v) is 7.68. The van der Waals surface area contributed by atoms with E-state index in [0.717, 1.165) is 23.1 Å². The van der Waals surface area contributed by atoms with Crippen molar-refractivity contribution in [3.8, 4) is 0 Å². The Bertz CT molecular complexity index is 767. The molecule has 1 N–H and O–H groups in total. The maximum absolute atomic E-state index is 12.6. The number of rotatable bonds is 3. The first-order chi connectivity index (χ1) is 11.1. The van der Waals surface area contributed by atoms with Gasteiger partial charge in [-0.3, -0.25) is 9.59 Å². The molecule has 0 radical (unpaired) electrons. The molecule has 0 bridgehead atoms. The van der Waals surface area contributed by atoms with E-state index in [2.05, 4.69) is 5.32 Å². The van der Waals surface area contributed by atoms with Gasteiger partial charge in [0.2, 0.25) is 0 Å². The average Bonchev–Trinajstić information content (AvgIpc) is 2.54. The van der Waals surface area contributed by atoms with E-state index in [-0.39, 0.29) is 11.7 Å². The number of aryl methyl sites for hydroxylation is 1. The van der Waals surface area contributed by atoms with E-state index in [4.69, 9.17) is 4.74 Å². The smallest absolute Gasteiger partial charge is 0.258 e. The van der Waals surface area contributed by atoms with Gasteiger partial charge in [-0.1, -0.05) is 24.3 Å². The Morgan fingerprint density at radius 2 is 1.96 bits per heavy atom. The van der Waals surface area contributed by atoms with E-state index in [0.29, 0.717) is 17.9 Å². The number of ether oxygens (including phenoxy) is 1. The number of fused-ring (bicyclic) bond motifs is 1. The Hall–Kier alpha value is -2.46. The van der Waals surface area contributed by atoms with E-state index in [1.807, 2.05) is 37.3 Å². The van der Waals surface area contributed by atoms with Crippen molar-refractivity contribution in [2.45, 2.75) is 26.4 Å². The molecular formula is C19H19NO3. The zero-order valence-corrected chi connectivity index (χ0v) is 13.3. The lowest BCUT2D eigenvalue weighted by Crippen LogP contribution is -2.28. The van der Waals surface area contributed by atoms with Gasteiger partial charge in [0.05, 0.1) is 6.61 Å². The van der Waals surface area contributed by atoms with E-state index in [9.17, 15) is 9.59 Å². The van der Waals surface area contributed by atoms with Crippen LogP contribution in [0, 0.1) is 6.92 Å². The molecule has 3 rings (SSSR count). The first kappa shape index (κ1) is 15.4. The highest BCUT2D eigenvalue weighted by molar-refractivity contribution is 5.98. The number of anilines is 1. The molecule has 0 spiro atoms. The van der Waals surface area contributed by atoms with Gasteiger partial charge in [0, 0.05) is 11.3 Å². The summed E-state index contributed by atoms with van der Waals surface area (Å²) in [4.78, 5) is 24.0. The van der Waals surface area contributed by atoms with Gasteiger partial charge in [0.15, 0.2) is 11.9 Å². The van der Waals surface area contributed by atoms with Gasteiger partial charge < -0.3 is 10.1 Å². The van der Waals surface area contributed by atoms with Gasteiger partial charge >= 0.3 is 0 Å². The van der Waals surface area contributed by atoms with Crippen LogP contribution in [-0.4, -0.2) is 18.3 Å². The van der Waals surface area contributed by atoms with E-state index >= 15 is 0 Å². The standard InChI is InChI=1S/C19H19NO3/c1-12-11-15(7-8-16(12)13(2)21)20-19(22)18-17-6-4-3-5-14(17)9-10-23-18/h3-8,11,18H,9-10H2,1-2H3,(H,20,22). The van der Waals surface area contributed by atoms with E-state index in [1.54, 1.807) is 12.1 Å². The molecule has 4 nitrogen and oxygen atoms in total. The largest absolute Gasteiger partial charge is 0.363 e. The second-order valence-electron chi connectivity index (χ2n) is 5.77. The summed E-state index contributed by atoms with van der Waals surface area (Å²) in [6.45, 7) is 3.93. The van der Waals surface area contributed by atoms with E-state index < -0.39 is 6.10 Å². The Kier molecular flexibility index (Phi) is 4.26. The molecule has 0 aromatic heterocycles. The van der Waals surface area contributed by atoms with Crippen molar-refractivity contribution in [2.24, 2.45) is 0 Å². The third kappa shape index (κ3) is 3.17. The number of nitrogens with one attached hydrogen (secondary N) is 1. The molecule has 1 unspecified atom stereocenters. The fraction of sp³-hybridized carbons (Fsp3) is 0.263. The molecule has 2 aromatic rings. The summed E-state index contributed by atoms with van der Waals surface area (Å²) in [5.74, 6) is -0.169. The van der Waals surface area contributed by atoms with Crippen LogP contribution < -0.4 is 5.32 Å². The predicted molar refractivity (Wildman–Crippen MR) is 88.7 cm³/mol. The molecule has 118 valence electrons. The molecule has 0 saturated heterocycles. The zero-order chi connectivity index (χ0) is 16.4. The van der Waals surface area contributed by atoms with E-state index in [1.165, 1.54) is 6.92 Å². The Morgan fingerprint density at radius 1 is 1.17 bits per heavy atom. The highest BCUT2D eigenvalue weighted by Gasteiger charge is 2.27. The number of ketones is 1. The minimum Gasteiger partial charge on any atom is -0.363 e. The number of Topliss-reactive ketones (excluding diaryl/α,β-unsaturated/α-hetero) is 1. The second kappa shape index (κ2) is 6.34. The molecule has 0 saturated carbocycles. The lowest BCUT2D eigenvalue weighted by molar-refractivity contribution is -0.128. The lowest BCUT2D eigenvalue weighted by Gasteiger charge is -2.25. The maximum Gasteiger partial charge on any atom is 0.258 e. The highest BCUT2D eigenvalue weighted by Crippen LogP contribution is 2.28. The van der Waals surface area contributed by atoms with Crippen LogP contribution in [0.5, 0.6) is 0 Å². The normalized spacial score (nSPS) is 16.5. The number of hydrogen-bond donors (Lipinski definition) is 1. The third-order valence-corrected chi connectivity index (χ3v) is 4.10. The van der Waals surface area contributed by atoms with Crippen molar-refractivity contribution in [3.63, 3.8) is 0 Å². The molecule has 0 aliphatic carbocycles. The number of benzene rings is 2. The molecule has 1 heterocycles. The van der Waals surface area contributed by atoms with Crippen LogP contribution in [0.4, 0.5) is 5.69 Å². The molecule has 0 fully saturated rings. The average molecular weight is 309 g/mol. The third-order valence-electron chi connectivity index (χ3n) is 4.10. The van der Waals surface area contributed by atoms with Crippen LogP contribution in [0.2, 0.25) is 0 Å². The van der Waals surface area contributed by atoms with Crippen LogP contribution in [0.1, 0.15) is 40.1 Å². The molecule has 1 atom stereocenters. The summed E-state index contributed by atoms with van der Waals surface area (Å²) in [6.07, 6.45) is 0.236. The highest BCUT2D eigenvalue weighted by atomic mass is 16.5. The van der Waals surface area contributed by atoms with Crippen LogP contribution in [0.25, 0.3) is 0 Å². The van der Waals surface area contributed by atoms with Gasteiger partial charge in [-0.25, -0.2) is 0 Å². The maximum atomic E-state index is 12.6. The zero-order valence-electron chi connectivity index (χ0n) is 13.3. The van der Waals surface area contributed by atoms with Crippen molar-refractivity contribution in [3.05, 3.63) is 64.7 Å². The minimum absolute atomic E-state index is 0.0184. The van der Waals surface area contributed by atoms with Crippen LogP contribution in [-0.2, 0) is 16.0 Å². The van der Waals surface area contributed by atoms with Crippen LogP contribution in [0.3, 0.4) is 0 Å². The quantitative estimate of drug-likeness (QED) is 0.884. The lowest BCUT2D eigenvalue weighted by atomic mass is 9.97. The van der Waals surface area contributed by atoms with Crippen molar-refractivity contribution in [1.82, 2.24) is 0 Å². The molecule has 23 heavy (non-hydrogen) atoms. The van der Waals surface area contributed by atoms with Crippen molar-refractivity contribution in [2.75, 3.05) is 11.9 Å². The Morgan fingerprint density at radius 3 is 2.70 bits per heavy atom. The summed E-state index contributed by atoms with van der Waals surface area (Å²) >= 11 is 0. The van der Waals surface area contributed by atoms with Crippen LogP contribution in [0.15, 0.2) is 42.5 Å². The monoisotopic (exact) mass is 309 g/mol. The molecular weight excluding hydrogens is 290 g/mol. The fourth-order valence-corrected chi connectivity index (χ4v) is 2.96. The molecule has 1 aliphatic heterocycles. The molecule has 1 aliphatic rings. The van der Waals surface area contributed by atoms with Crippen molar-refractivity contribution >= 4 is 17.4 Å². The van der Waals surface area contributed by atoms with Crippen molar-refractivity contribution in [1.29, 1.82) is 0 Å². The minimum atomic E-state index is -0.590. The SMILES string of the molecule is CC(=O)c1ccc(NC(=O)C2OCCc3ccccc32)cc1C. The van der Waals surface area contributed by atoms with Crippen molar-refractivity contribution < 1.29 is 14.3 Å². The summed E-state index contributed by atoms with van der Waals surface area (Å²) < 4.78 is 5.66. The number of carbonyl (C=O) groups is 2.